The van der Waals surface area contributed by atoms with Gasteiger partial charge in [-0.3, -0.25) is 9.59 Å². The van der Waals surface area contributed by atoms with E-state index in [0.29, 0.717) is 24.0 Å². The lowest BCUT2D eigenvalue weighted by atomic mass is 9.94. The van der Waals surface area contributed by atoms with Crippen molar-refractivity contribution in [3.63, 3.8) is 0 Å². The molecule has 1 atom stereocenters. The fourth-order valence-corrected chi connectivity index (χ4v) is 3.74. The third kappa shape index (κ3) is 3.37. The van der Waals surface area contributed by atoms with Gasteiger partial charge in [0.2, 0.25) is 5.78 Å². The van der Waals surface area contributed by atoms with Gasteiger partial charge in [0.05, 0.1) is 11.6 Å². The summed E-state index contributed by atoms with van der Waals surface area (Å²) in [6, 6.07) is 13.5. The van der Waals surface area contributed by atoms with Crippen LogP contribution in [0.15, 0.2) is 70.3 Å². The summed E-state index contributed by atoms with van der Waals surface area (Å²) in [4.78, 5) is 27.4. The first kappa shape index (κ1) is 19.8. The molecule has 1 aromatic heterocycles. The topological polar surface area (TPSA) is 80.0 Å². The number of benzene rings is 2. The molecule has 0 spiro atoms. The summed E-state index contributed by atoms with van der Waals surface area (Å²) in [5, 5.41) is 11.3. The van der Waals surface area contributed by atoms with E-state index in [1.165, 1.54) is 30.2 Å². The summed E-state index contributed by atoms with van der Waals surface area (Å²) >= 11 is 0. The molecule has 1 aliphatic heterocycles. The molecule has 1 N–H and O–H groups in total. The largest absolute Gasteiger partial charge is 0.503 e. The molecule has 3 aromatic rings. The van der Waals surface area contributed by atoms with Gasteiger partial charge in [0.1, 0.15) is 11.4 Å². The lowest BCUT2D eigenvalue weighted by Crippen LogP contribution is -2.33. The Labute approximate surface area is 172 Å². The van der Waals surface area contributed by atoms with Gasteiger partial charge in [-0.2, -0.15) is 0 Å². The highest BCUT2D eigenvalue weighted by Crippen LogP contribution is 2.40. The fraction of sp³-hybridized carbons (Fsp3) is 0.217. The van der Waals surface area contributed by atoms with Gasteiger partial charge in [0.15, 0.2) is 11.5 Å². The van der Waals surface area contributed by atoms with Crippen LogP contribution in [0.25, 0.3) is 11.0 Å². The van der Waals surface area contributed by atoms with E-state index in [9.17, 15) is 19.1 Å². The number of aliphatic hydroxyl groups excluding tert-OH is 1. The second-order valence-electron chi connectivity index (χ2n) is 7.01. The number of ketones is 1. The standard InChI is InChI=1S/C23H20FNO5/c1-29-12-6-11-25-20(15-8-3-4-9-16(15)24)19(22(27)23(25)28)21(26)18-13-14-7-2-5-10-17(14)30-18/h2-5,7-10,13,20,27H,6,11-12H2,1H3. The van der Waals surface area contributed by atoms with Crippen LogP contribution in [0, 0.1) is 5.82 Å². The van der Waals surface area contributed by atoms with Gasteiger partial charge in [-0.15, -0.1) is 0 Å². The van der Waals surface area contributed by atoms with E-state index in [1.54, 1.807) is 30.3 Å². The van der Waals surface area contributed by atoms with Crippen molar-refractivity contribution >= 4 is 22.7 Å². The number of halogens is 1. The Morgan fingerprint density at radius 2 is 1.93 bits per heavy atom. The number of rotatable bonds is 7. The summed E-state index contributed by atoms with van der Waals surface area (Å²) in [5.41, 5.74) is 0.443. The average Bonchev–Trinajstić information content (AvgIpc) is 3.29. The van der Waals surface area contributed by atoms with Crippen molar-refractivity contribution in [1.82, 2.24) is 4.90 Å². The molecule has 154 valence electrons. The van der Waals surface area contributed by atoms with Gasteiger partial charge in [-0.25, -0.2) is 4.39 Å². The van der Waals surface area contributed by atoms with E-state index in [4.69, 9.17) is 9.15 Å². The van der Waals surface area contributed by atoms with E-state index in [1.807, 2.05) is 6.07 Å². The highest BCUT2D eigenvalue weighted by atomic mass is 19.1. The SMILES string of the molecule is COCCCN1C(=O)C(O)=C(C(=O)c2cc3ccccc3o2)C1c1ccccc1F. The van der Waals surface area contributed by atoms with Crippen LogP contribution in [0.5, 0.6) is 0 Å². The molecule has 7 heteroatoms. The number of para-hydroxylation sites is 1. The Balaban J connectivity index is 1.79. The minimum Gasteiger partial charge on any atom is -0.503 e. The maximum atomic E-state index is 14.7. The van der Waals surface area contributed by atoms with Crippen molar-refractivity contribution in [2.75, 3.05) is 20.3 Å². The van der Waals surface area contributed by atoms with Gasteiger partial charge in [-0.05, 0) is 24.6 Å². The van der Waals surface area contributed by atoms with Crippen LogP contribution >= 0.6 is 0 Å². The molecular weight excluding hydrogens is 389 g/mol. The first-order valence-electron chi connectivity index (χ1n) is 9.53. The maximum absolute atomic E-state index is 14.7. The minimum absolute atomic E-state index is 0.0226. The molecule has 0 saturated carbocycles. The molecule has 2 aromatic carbocycles. The Morgan fingerprint density at radius 3 is 2.67 bits per heavy atom. The molecule has 2 heterocycles. The molecule has 30 heavy (non-hydrogen) atoms. The van der Waals surface area contributed by atoms with Crippen molar-refractivity contribution in [2.45, 2.75) is 12.5 Å². The normalized spacial score (nSPS) is 16.7. The van der Waals surface area contributed by atoms with Gasteiger partial charge in [0.25, 0.3) is 5.91 Å². The van der Waals surface area contributed by atoms with Crippen molar-refractivity contribution < 1.29 is 28.2 Å². The predicted octanol–water partition coefficient (Wildman–Crippen LogP) is 4.19. The molecule has 1 amide bonds. The van der Waals surface area contributed by atoms with Crippen molar-refractivity contribution in [3.8, 4) is 0 Å². The molecular formula is C23H20FNO5. The number of ether oxygens (including phenoxy) is 1. The highest BCUT2D eigenvalue weighted by Gasteiger charge is 2.45. The van der Waals surface area contributed by atoms with Crippen LogP contribution in [-0.2, 0) is 9.53 Å². The minimum atomic E-state index is -1.06. The zero-order valence-electron chi connectivity index (χ0n) is 16.3. The molecule has 1 unspecified atom stereocenters. The monoisotopic (exact) mass is 409 g/mol. The van der Waals surface area contributed by atoms with E-state index in [2.05, 4.69) is 0 Å². The van der Waals surface area contributed by atoms with Crippen LogP contribution in [0.4, 0.5) is 4.39 Å². The number of carbonyl (C=O) groups excluding carboxylic acids is 2. The Hall–Kier alpha value is -3.45. The number of hydrogen-bond donors (Lipinski definition) is 1. The third-order valence-corrected chi connectivity index (χ3v) is 5.14. The van der Waals surface area contributed by atoms with Gasteiger partial charge < -0.3 is 19.2 Å². The zero-order valence-corrected chi connectivity index (χ0v) is 16.3. The summed E-state index contributed by atoms with van der Waals surface area (Å²) in [7, 11) is 1.53. The summed E-state index contributed by atoms with van der Waals surface area (Å²) < 4.78 is 25.3. The van der Waals surface area contributed by atoms with Crippen LogP contribution in [0.3, 0.4) is 0 Å². The molecule has 0 bridgehead atoms. The lowest BCUT2D eigenvalue weighted by Gasteiger charge is -2.26. The predicted molar refractivity (Wildman–Crippen MR) is 108 cm³/mol. The highest BCUT2D eigenvalue weighted by molar-refractivity contribution is 6.16. The molecule has 4 rings (SSSR count). The number of furan rings is 1. The number of amides is 1. The Bertz CT molecular complexity index is 1120. The average molecular weight is 409 g/mol. The maximum Gasteiger partial charge on any atom is 0.290 e. The van der Waals surface area contributed by atoms with Crippen LogP contribution in [0.2, 0.25) is 0 Å². The molecule has 1 aliphatic rings. The quantitative estimate of drug-likeness (QED) is 0.468. The van der Waals surface area contributed by atoms with E-state index >= 15 is 0 Å². The Kier molecular flexibility index (Phi) is 5.37. The van der Waals surface area contributed by atoms with E-state index in [-0.39, 0.29) is 23.4 Å². The molecule has 0 fully saturated rings. The number of methoxy groups -OCH3 is 1. The van der Waals surface area contributed by atoms with Gasteiger partial charge in [0, 0.05) is 31.2 Å². The van der Waals surface area contributed by atoms with Crippen molar-refractivity contribution in [1.29, 1.82) is 0 Å². The van der Waals surface area contributed by atoms with E-state index in [0.717, 1.165) is 0 Å². The van der Waals surface area contributed by atoms with Gasteiger partial charge >= 0.3 is 0 Å². The molecule has 6 nitrogen and oxygen atoms in total. The molecule has 0 saturated heterocycles. The lowest BCUT2D eigenvalue weighted by molar-refractivity contribution is -0.129. The van der Waals surface area contributed by atoms with Crippen molar-refractivity contribution in [2.24, 2.45) is 0 Å². The zero-order chi connectivity index (χ0) is 21.3. The summed E-state index contributed by atoms with van der Waals surface area (Å²) in [6.45, 7) is 0.564. The summed E-state index contributed by atoms with van der Waals surface area (Å²) in [5.74, 6) is -2.66. The number of hydrogen-bond acceptors (Lipinski definition) is 5. The number of carbonyl (C=O) groups is 2. The number of fused-ring (bicyclic) bond motifs is 1. The number of aliphatic hydroxyl groups is 1. The van der Waals surface area contributed by atoms with Gasteiger partial charge in [-0.1, -0.05) is 36.4 Å². The van der Waals surface area contributed by atoms with Crippen LogP contribution in [0.1, 0.15) is 28.6 Å². The smallest absolute Gasteiger partial charge is 0.290 e. The second-order valence-corrected chi connectivity index (χ2v) is 7.01. The summed E-state index contributed by atoms with van der Waals surface area (Å²) in [6.07, 6.45) is 0.465. The first-order valence-corrected chi connectivity index (χ1v) is 9.53. The Morgan fingerprint density at radius 1 is 1.20 bits per heavy atom. The van der Waals surface area contributed by atoms with E-state index < -0.39 is 29.3 Å². The van der Waals surface area contributed by atoms with Crippen molar-refractivity contribution in [3.05, 3.63) is 83.1 Å². The van der Waals surface area contributed by atoms with Crippen LogP contribution < -0.4 is 0 Å². The molecule has 0 aliphatic carbocycles. The first-order chi connectivity index (χ1) is 14.5. The third-order valence-electron chi connectivity index (χ3n) is 5.14. The fourth-order valence-electron chi connectivity index (χ4n) is 3.74. The second kappa shape index (κ2) is 8.12. The van der Waals surface area contributed by atoms with Crippen LogP contribution in [-0.4, -0.2) is 42.0 Å². The number of Topliss-reactive ketones (excluding diaryl/α,β-unsaturated/α-hetero) is 1. The molecule has 0 radical (unpaired) electrons. The number of nitrogens with zero attached hydrogens (tertiary/aromatic N) is 1.